The topological polar surface area (TPSA) is 107 Å². The van der Waals surface area contributed by atoms with Crippen molar-refractivity contribution >= 4 is 38.5 Å². The van der Waals surface area contributed by atoms with Crippen LogP contribution in [0.3, 0.4) is 0 Å². The smallest absolute Gasteiger partial charge is 0.309 e. The lowest BCUT2D eigenvalue weighted by molar-refractivity contribution is 0.399. The molecule has 164 valence electrons. The third kappa shape index (κ3) is 4.19. The Labute approximate surface area is 188 Å². The van der Waals surface area contributed by atoms with Crippen molar-refractivity contribution in [1.82, 2.24) is 19.9 Å². The lowest BCUT2D eigenvalue weighted by atomic mass is 10.0. The highest BCUT2D eigenvalue weighted by molar-refractivity contribution is 7.92. The first-order valence-electron chi connectivity index (χ1n) is 9.46. The van der Waals surface area contributed by atoms with Crippen LogP contribution in [-0.2, 0) is 16.4 Å². The molecule has 0 radical (unpaired) electrons. The van der Waals surface area contributed by atoms with Gasteiger partial charge in [0.25, 0.3) is 10.0 Å². The number of nitrogens with one attached hydrogen (secondary N) is 1. The van der Waals surface area contributed by atoms with Gasteiger partial charge < -0.3 is 4.74 Å². The molecule has 0 fully saturated rings. The summed E-state index contributed by atoms with van der Waals surface area (Å²) in [5, 5.41) is 0.719. The predicted octanol–water partition coefficient (Wildman–Crippen LogP) is 4.25. The Morgan fingerprint density at radius 3 is 2.62 bits per heavy atom. The molecule has 0 amide bonds. The molecule has 1 N–H and O–H groups in total. The van der Waals surface area contributed by atoms with Crippen LogP contribution in [0.1, 0.15) is 12.5 Å². The van der Waals surface area contributed by atoms with E-state index < -0.39 is 16.1 Å². The molecule has 11 heteroatoms. The maximum absolute atomic E-state index is 13.5. The quantitative estimate of drug-likeness (QED) is 0.417. The van der Waals surface area contributed by atoms with Gasteiger partial charge in [-0.25, -0.2) is 28.1 Å². The summed E-state index contributed by atoms with van der Waals surface area (Å²) >= 11 is 6.01. The molecule has 4 aromatic rings. The average molecular weight is 474 g/mol. The zero-order valence-corrected chi connectivity index (χ0v) is 18.6. The molecule has 0 aliphatic carbocycles. The Balaban J connectivity index is 1.75. The van der Waals surface area contributed by atoms with Gasteiger partial charge in [0.05, 0.1) is 23.2 Å². The normalized spacial score (nSPS) is 11.5. The summed E-state index contributed by atoms with van der Waals surface area (Å²) in [7, 11) is -2.59. The number of methoxy groups -OCH3 is 1. The lowest BCUT2D eigenvalue weighted by Crippen LogP contribution is -2.15. The van der Waals surface area contributed by atoms with Crippen LogP contribution < -0.4 is 9.46 Å². The van der Waals surface area contributed by atoms with Gasteiger partial charge in [-0.15, -0.1) is 0 Å². The number of sulfonamides is 1. The molecule has 0 saturated carbocycles. The van der Waals surface area contributed by atoms with Crippen LogP contribution in [0.15, 0.2) is 53.7 Å². The molecule has 0 atom stereocenters. The predicted molar refractivity (Wildman–Crippen MR) is 119 cm³/mol. The summed E-state index contributed by atoms with van der Waals surface area (Å²) in [4.78, 5) is 15.8. The van der Waals surface area contributed by atoms with Crippen molar-refractivity contribution in [3.05, 3.63) is 65.5 Å². The van der Waals surface area contributed by atoms with E-state index in [1.165, 1.54) is 31.6 Å². The summed E-state index contributed by atoms with van der Waals surface area (Å²) in [6.45, 7) is 1.93. The molecular weight excluding hydrogens is 457 g/mol. The fourth-order valence-electron chi connectivity index (χ4n) is 3.23. The number of nitrogens with zero attached hydrogens (tertiary/aromatic N) is 4. The molecule has 2 heterocycles. The SMILES string of the molecule is CCc1cc(-c2cnc(NS(=O)(=O)c3ccccc3Cl)nc2OC)cc2cnc(F)nc12. The molecule has 32 heavy (non-hydrogen) atoms. The molecule has 0 bridgehead atoms. The standard InChI is InChI=1S/C21H17ClFN5O3S/c1-3-12-8-13(9-14-10-24-20(23)26-18(12)14)15-11-25-21(27-19(15)31-2)28-32(29,30)17-7-5-4-6-16(17)22/h4-11H,3H2,1-2H3,(H,25,27,28). The van der Waals surface area contributed by atoms with Crippen molar-refractivity contribution in [1.29, 1.82) is 0 Å². The van der Waals surface area contributed by atoms with Crippen LogP contribution in [0.25, 0.3) is 22.0 Å². The van der Waals surface area contributed by atoms with Gasteiger partial charge in [0, 0.05) is 17.8 Å². The maximum atomic E-state index is 13.5. The van der Waals surface area contributed by atoms with Gasteiger partial charge in [-0.2, -0.15) is 9.37 Å². The molecule has 0 unspecified atom stereocenters. The van der Waals surface area contributed by atoms with E-state index in [9.17, 15) is 12.8 Å². The molecule has 8 nitrogen and oxygen atoms in total. The van der Waals surface area contributed by atoms with E-state index >= 15 is 0 Å². The number of ether oxygens (including phenoxy) is 1. The summed E-state index contributed by atoms with van der Waals surface area (Å²) in [6.07, 6.45) is 2.66. The fourth-order valence-corrected chi connectivity index (χ4v) is 4.70. The second-order valence-electron chi connectivity index (χ2n) is 6.72. The number of hydrogen-bond donors (Lipinski definition) is 1. The Hall–Kier alpha value is -3.37. The second-order valence-corrected chi connectivity index (χ2v) is 8.78. The van der Waals surface area contributed by atoms with Crippen molar-refractivity contribution in [3.63, 3.8) is 0 Å². The van der Waals surface area contributed by atoms with Crippen molar-refractivity contribution in [2.75, 3.05) is 11.8 Å². The molecule has 0 aliphatic heterocycles. The van der Waals surface area contributed by atoms with E-state index in [2.05, 4.69) is 24.7 Å². The number of anilines is 1. The van der Waals surface area contributed by atoms with Crippen LogP contribution in [0, 0.1) is 6.08 Å². The second kappa shape index (κ2) is 8.64. The molecule has 0 saturated heterocycles. The fraction of sp³-hybridized carbons (Fsp3) is 0.143. The molecule has 2 aromatic carbocycles. The number of rotatable bonds is 6. The van der Waals surface area contributed by atoms with Crippen LogP contribution in [0.4, 0.5) is 10.3 Å². The minimum atomic E-state index is -4.00. The highest BCUT2D eigenvalue weighted by Gasteiger charge is 2.20. The number of halogens is 2. The summed E-state index contributed by atoms with van der Waals surface area (Å²) in [5.74, 6) is -0.0197. The van der Waals surface area contributed by atoms with E-state index in [1.807, 2.05) is 13.0 Å². The molecular formula is C21H17ClFN5O3S. The van der Waals surface area contributed by atoms with E-state index in [-0.39, 0.29) is 21.7 Å². The van der Waals surface area contributed by atoms with Gasteiger partial charge in [-0.05, 0) is 41.8 Å². The highest BCUT2D eigenvalue weighted by Crippen LogP contribution is 2.33. The number of aryl methyl sites for hydroxylation is 1. The number of fused-ring (bicyclic) bond motifs is 1. The largest absolute Gasteiger partial charge is 0.480 e. The maximum Gasteiger partial charge on any atom is 0.309 e. The Kier molecular flexibility index (Phi) is 5.90. The number of aromatic nitrogens is 4. The van der Waals surface area contributed by atoms with E-state index in [1.54, 1.807) is 18.2 Å². The molecule has 0 aliphatic rings. The van der Waals surface area contributed by atoms with Crippen molar-refractivity contribution < 1.29 is 17.5 Å². The van der Waals surface area contributed by atoms with Gasteiger partial charge in [0.2, 0.25) is 11.8 Å². The van der Waals surface area contributed by atoms with Crippen LogP contribution >= 0.6 is 11.6 Å². The first-order valence-corrected chi connectivity index (χ1v) is 11.3. The minimum absolute atomic E-state index is 0.0745. The molecule has 0 spiro atoms. The molecule has 4 rings (SSSR count). The lowest BCUT2D eigenvalue weighted by Gasteiger charge is -2.13. The zero-order valence-electron chi connectivity index (χ0n) is 17.0. The van der Waals surface area contributed by atoms with E-state index in [0.717, 1.165) is 5.56 Å². The van der Waals surface area contributed by atoms with Crippen molar-refractivity contribution in [3.8, 4) is 17.0 Å². The Morgan fingerprint density at radius 1 is 1.12 bits per heavy atom. The Morgan fingerprint density at radius 2 is 1.91 bits per heavy atom. The van der Waals surface area contributed by atoms with Gasteiger partial charge >= 0.3 is 6.08 Å². The van der Waals surface area contributed by atoms with E-state index in [0.29, 0.717) is 28.5 Å². The van der Waals surface area contributed by atoms with Gasteiger partial charge in [-0.3, -0.25) is 0 Å². The highest BCUT2D eigenvalue weighted by atomic mass is 35.5. The third-order valence-electron chi connectivity index (χ3n) is 4.72. The number of hydrogen-bond acceptors (Lipinski definition) is 7. The summed E-state index contributed by atoms with van der Waals surface area (Å²) in [6, 6.07) is 9.64. The monoisotopic (exact) mass is 473 g/mol. The first kappa shape index (κ1) is 21.8. The van der Waals surface area contributed by atoms with Crippen molar-refractivity contribution in [2.45, 2.75) is 18.2 Å². The summed E-state index contributed by atoms with van der Waals surface area (Å²) in [5.41, 5.74) is 2.55. The van der Waals surface area contributed by atoms with Crippen LogP contribution in [0.5, 0.6) is 5.88 Å². The Bertz CT molecular complexity index is 1430. The number of benzene rings is 2. The van der Waals surface area contributed by atoms with Gasteiger partial charge in [-0.1, -0.05) is 30.7 Å². The van der Waals surface area contributed by atoms with Crippen LogP contribution in [0.2, 0.25) is 5.02 Å². The van der Waals surface area contributed by atoms with E-state index in [4.69, 9.17) is 16.3 Å². The zero-order chi connectivity index (χ0) is 22.9. The van der Waals surface area contributed by atoms with Gasteiger partial charge in [0.15, 0.2) is 0 Å². The minimum Gasteiger partial charge on any atom is -0.480 e. The molecule has 2 aromatic heterocycles. The first-order chi connectivity index (χ1) is 15.3. The van der Waals surface area contributed by atoms with Gasteiger partial charge in [0.1, 0.15) is 4.90 Å². The van der Waals surface area contributed by atoms with Crippen LogP contribution in [-0.4, -0.2) is 35.5 Å². The summed E-state index contributed by atoms with van der Waals surface area (Å²) < 4.78 is 46.5. The van der Waals surface area contributed by atoms with Crippen molar-refractivity contribution in [2.24, 2.45) is 0 Å². The third-order valence-corrected chi connectivity index (χ3v) is 6.55. The average Bonchev–Trinajstić information content (AvgIpc) is 2.78.